The molecule has 0 bridgehead atoms. The first-order valence-corrected chi connectivity index (χ1v) is 9.24. The average molecular weight is 340 g/mol. The zero-order chi connectivity index (χ0) is 16.5. The number of benzene rings is 1. The topological polar surface area (TPSA) is 59.8 Å². The van der Waals surface area contributed by atoms with Crippen molar-refractivity contribution in [1.29, 1.82) is 0 Å². The van der Waals surface area contributed by atoms with Gasteiger partial charge in [0.05, 0.1) is 28.1 Å². The summed E-state index contributed by atoms with van der Waals surface area (Å²) in [6, 6.07) is 7.15. The first-order valence-electron chi connectivity index (χ1n) is 8.36. The van der Waals surface area contributed by atoms with Crippen LogP contribution in [0.5, 0.6) is 0 Å². The lowest BCUT2D eigenvalue weighted by molar-refractivity contribution is -0.119. The minimum absolute atomic E-state index is 0.204. The van der Waals surface area contributed by atoms with E-state index in [4.69, 9.17) is 0 Å². The van der Waals surface area contributed by atoms with E-state index in [0.29, 0.717) is 6.04 Å². The number of carbonyl (C=O) groups is 1. The number of nitrogens with one attached hydrogen (secondary N) is 1. The molecule has 2 aliphatic rings. The van der Waals surface area contributed by atoms with Crippen LogP contribution in [-0.4, -0.2) is 27.0 Å². The van der Waals surface area contributed by atoms with Crippen molar-refractivity contribution in [3.05, 3.63) is 34.9 Å². The number of thiazole rings is 1. The molecule has 0 spiro atoms. The van der Waals surface area contributed by atoms with E-state index in [1.54, 1.807) is 11.3 Å². The van der Waals surface area contributed by atoms with E-state index < -0.39 is 0 Å². The quantitative estimate of drug-likeness (QED) is 0.774. The molecular formula is C18H20N4OS. The average Bonchev–Trinajstić information content (AvgIpc) is 2.98. The highest BCUT2D eigenvalue weighted by molar-refractivity contribution is 7.09. The number of amides is 1. The SMILES string of the molecule is Cc1nc(-c2ccc3c(c2)ncn3C2CC2)cs1.O=C1CCCN1. The molecule has 1 N–H and O–H groups in total. The van der Waals surface area contributed by atoms with Crippen LogP contribution in [0.2, 0.25) is 0 Å². The van der Waals surface area contributed by atoms with Gasteiger partial charge in [-0.15, -0.1) is 11.3 Å². The molecule has 1 amide bonds. The molecule has 124 valence electrons. The summed E-state index contributed by atoms with van der Waals surface area (Å²) >= 11 is 1.69. The summed E-state index contributed by atoms with van der Waals surface area (Å²) in [7, 11) is 0. The van der Waals surface area contributed by atoms with Gasteiger partial charge in [0, 0.05) is 30.0 Å². The van der Waals surface area contributed by atoms with Crippen LogP contribution in [-0.2, 0) is 4.79 Å². The lowest BCUT2D eigenvalue weighted by Gasteiger charge is -2.01. The van der Waals surface area contributed by atoms with Crippen molar-refractivity contribution < 1.29 is 4.79 Å². The van der Waals surface area contributed by atoms with E-state index in [1.807, 2.05) is 13.3 Å². The van der Waals surface area contributed by atoms with Crippen molar-refractivity contribution in [3.8, 4) is 11.3 Å². The van der Waals surface area contributed by atoms with Crippen LogP contribution in [0.4, 0.5) is 0 Å². The molecule has 5 nitrogen and oxygen atoms in total. The molecule has 0 atom stereocenters. The zero-order valence-electron chi connectivity index (χ0n) is 13.7. The lowest BCUT2D eigenvalue weighted by Crippen LogP contribution is -2.12. The van der Waals surface area contributed by atoms with Gasteiger partial charge >= 0.3 is 0 Å². The fourth-order valence-electron chi connectivity index (χ4n) is 2.90. The third-order valence-corrected chi connectivity index (χ3v) is 5.11. The molecule has 24 heavy (non-hydrogen) atoms. The molecular weight excluding hydrogens is 320 g/mol. The first kappa shape index (κ1) is 15.3. The minimum atomic E-state index is 0.204. The van der Waals surface area contributed by atoms with Crippen molar-refractivity contribution in [1.82, 2.24) is 19.9 Å². The van der Waals surface area contributed by atoms with E-state index in [9.17, 15) is 4.79 Å². The molecule has 1 aromatic carbocycles. The summed E-state index contributed by atoms with van der Waals surface area (Å²) in [6.45, 7) is 2.92. The summed E-state index contributed by atoms with van der Waals surface area (Å²) in [4.78, 5) is 19.2. The van der Waals surface area contributed by atoms with E-state index >= 15 is 0 Å². The minimum Gasteiger partial charge on any atom is -0.356 e. The first-order chi connectivity index (χ1) is 11.7. The van der Waals surface area contributed by atoms with Crippen molar-refractivity contribution in [2.75, 3.05) is 6.54 Å². The highest BCUT2D eigenvalue weighted by atomic mass is 32.1. The number of nitrogens with zero attached hydrogens (tertiary/aromatic N) is 3. The molecule has 1 aliphatic carbocycles. The predicted molar refractivity (Wildman–Crippen MR) is 96.1 cm³/mol. The molecule has 6 heteroatoms. The van der Waals surface area contributed by atoms with Gasteiger partial charge in [0.2, 0.25) is 5.91 Å². The highest BCUT2D eigenvalue weighted by Crippen LogP contribution is 2.37. The van der Waals surface area contributed by atoms with Crippen molar-refractivity contribution in [2.24, 2.45) is 0 Å². The molecule has 3 heterocycles. The van der Waals surface area contributed by atoms with Gasteiger partial charge in [-0.3, -0.25) is 4.79 Å². The van der Waals surface area contributed by atoms with Gasteiger partial charge in [-0.1, -0.05) is 6.07 Å². The number of rotatable bonds is 2. The standard InChI is InChI=1S/C14H13N3S.C4H7NO/c1-9-16-13(7-18-9)10-2-5-14-12(6-10)15-8-17(14)11-3-4-11;6-4-2-1-3-5-4/h2,5-8,11H,3-4H2,1H3;1-3H2,(H,5,6). The van der Waals surface area contributed by atoms with Gasteiger partial charge in [-0.2, -0.15) is 0 Å². The van der Waals surface area contributed by atoms with Crippen LogP contribution in [0.1, 0.15) is 36.7 Å². The smallest absolute Gasteiger partial charge is 0.220 e. The van der Waals surface area contributed by atoms with Gasteiger partial charge in [-0.05, 0) is 38.3 Å². The van der Waals surface area contributed by atoms with Gasteiger partial charge in [-0.25, -0.2) is 9.97 Å². The van der Waals surface area contributed by atoms with Crippen LogP contribution in [0, 0.1) is 6.92 Å². The Morgan fingerprint density at radius 1 is 1.33 bits per heavy atom. The maximum atomic E-state index is 10.1. The third-order valence-electron chi connectivity index (χ3n) is 4.33. The summed E-state index contributed by atoms with van der Waals surface area (Å²) < 4.78 is 2.30. The molecule has 1 aliphatic heterocycles. The molecule has 5 rings (SSSR count). The van der Waals surface area contributed by atoms with E-state index in [1.165, 1.54) is 18.4 Å². The van der Waals surface area contributed by atoms with Gasteiger partial charge in [0.25, 0.3) is 0 Å². The zero-order valence-corrected chi connectivity index (χ0v) is 14.5. The van der Waals surface area contributed by atoms with E-state index in [-0.39, 0.29) is 5.91 Å². The van der Waals surface area contributed by atoms with Crippen LogP contribution in [0.25, 0.3) is 22.3 Å². The largest absolute Gasteiger partial charge is 0.356 e. The fourth-order valence-corrected chi connectivity index (χ4v) is 3.52. The molecule has 3 aromatic rings. The molecule has 0 unspecified atom stereocenters. The van der Waals surface area contributed by atoms with Crippen LogP contribution >= 0.6 is 11.3 Å². The second-order valence-corrected chi connectivity index (χ2v) is 7.35. The molecule has 2 aromatic heterocycles. The Bertz CT molecular complexity index is 870. The molecule has 1 saturated heterocycles. The normalized spacial score (nSPS) is 16.8. The Kier molecular flexibility index (Phi) is 4.06. The number of aromatic nitrogens is 3. The summed E-state index contributed by atoms with van der Waals surface area (Å²) in [6.07, 6.45) is 6.31. The van der Waals surface area contributed by atoms with Crippen LogP contribution in [0.15, 0.2) is 29.9 Å². The van der Waals surface area contributed by atoms with Gasteiger partial charge in [0.1, 0.15) is 0 Å². The Hall–Kier alpha value is -2.21. The van der Waals surface area contributed by atoms with Crippen molar-refractivity contribution in [2.45, 2.75) is 38.6 Å². The monoisotopic (exact) mass is 340 g/mol. The Balaban J connectivity index is 0.000000207. The number of imidazole rings is 1. The predicted octanol–water partition coefficient (Wildman–Crippen LogP) is 3.70. The maximum absolute atomic E-state index is 10.1. The number of aryl methyl sites for hydroxylation is 1. The number of hydrogen-bond donors (Lipinski definition) is 1. The summed E-state index contributed by atoms with van der Waals surface area (Å²) in [5, 5.41) is 5.89. The van der Waals surface area contributed by atoms with E-state index in [2.05, 4.69) is 43.4 Å². The van der Waals surface area contributed by atoms with Crippen LogP contribution < -0.4 is 5.32 Å². The maximum Gasteiger partial charge on any atom is 0.220 e. The fraction of sp³-hybridized carbons (Fsp3) is 0.389. The van der Waals surface area contributed by atoms with Gasteiger partial charge in [0.15, 0.2) is 0 Å². The summed E-state index contributed by atoms with van der Waals surface area (Å²) in [5.74, 6) is 0.204. The second-order valence-electron chi connectivity index (χ2n) is 6.29. The second kappa shape index (κ2) is 6.36. The number of hydrogen-bond acceptors (Lipinski definition) is 4. The molecule has 1 saturated carbocycles. The number of carbonyl (C=O) groups excluding carboxylic acids is 1. The van der Waals surface area contributed by atoms with E-state index in [0.717, 1.165) is 41.2 Å². The Labute approximate surface area is 144 Å². The Morgan fingerprint density at radius 3 is 2.79 bits per heavy atom. The van der Waals surface area contributed by atoms with Crippen molar-refractivity contribution >= 4 is 28.3 Å². The van der Waals surface area contributed by atoms with Gasteiger partial charge < -0.3 is 9.88 Å². The highest BCUT2D eigenvalue weighted by Gasteiger charge is 2.24. The molecule has 0 radical (unpaired) electrons. The third kappa shape index (κ3) is 3.19. The molecule has 2 fully saturated rings. The van der Waals surface area contributed by atoms with Crippen molar-refractivity contribution in [3.63, 3.8) is 0 Å². The lowest BCUT2D eigenvalue weighted by atomic mass is 10.1. The number of fused-ring (bicyclic) bond motifs is 1. The summed E-state index contributed by atoms with van der Waals surface area (Å²) in [5.41, 5.74) is 4.53. The Morgan fingerprint density at radius 2 is 2.21 bits per heavy atom. The van der Waals surface area contributed by atoms with Crippen LogP contribution in [0.3, 0.4) is 0 Å².